The van der Waals surface area contributed by atoms with Crippen LogP contribution in [-0.2, 0) is 10.0 Å². The Labute approximate surface area is 113 Å². The molecular formula is C13H19FN2O2S. The lowest BCUT2D eigenvalue weighted by atomic mass is 10.0. The minimum Gasteiger partial charge on any atom is -0.398 e. The highest BCUT2D eigenvalue weighted by molar-refractivity contribution is 7.89. The van der Waals surface area contributed by atoms with Crippen LogP contribution in [-0.4, -0.2) is 25.3 Å². The molecule has 1 atom stereocenters. The van der Waals surface area contributed by atoms with E-state index in [0.717, 1.165) is 31.7 Å². The highest BCUT2D eigenvalue weighted by Crippen LogP contribution is 2.31. The van der Waals surface area contributed by atoms with Crippen LogP contribution in [0.15, 0.2) is 23.1 Å². The van der Waals surface area contributed by atoms with E-state index in [-0.39, 0.29) is 16.6 Å². The second-order valence-corrected chi connectivity index (χ2v) is 6.66. The van der Waals surface area contributed by atoms with Gasteiger partial charge in [0.25, 0.3) is 0 Å². The second kappa shape index (κ2) is 5.46. The van der Waals surface area contributed by atoms with E-state index >= 15 is 0 Å². The second-order valence-electron chi connectivity index (χ2n) is 4.83. The highest BCUT2D eigenvalue weighted by atomic mass is 32.2. The van der Waals surface area contributed by atoms with Gasteiger partial charge in [0.15, 0.2) is 0 Å². The summed E-state index contributed by atoms with van der Waals surface area (Å²) < 4.78 is 40.5. The van der Waals surface area contributed by atoms with Crippen molar-refractivity contribution in [1.82, 2.24) is 4.31 Å². The fourth-order valence-electron chi connectivity index (χ4n) is 2.61. The molecular weight excluding hydrogens is 267 g/mol. The fraction of sp³-hybridized carbons (Fsp3) is 0.538. The molecule has 0 amide bonds. The van der Waals surface area contributed by atoms with Crippen LogP contribution in [0.1, 0.15) is 32.6 Å². The zero-order chi connectivity index (χ0) is 14.0. The molecule has 1 aliphatic heterocycles. The lowest BCUT2D eigenvalue weighted by Crippen LogP contribution is -2.43. The van der Waals surface area contributed by atoms with Crippen LogP contribution in [0.2, 0.25) is 0 Å². The zero-order valence-electron chi connectivity index (χ0n) is 11.0. The van der Waals surface area contributed by atoms with Crippen LogP contribution in [0.25, 0.3) is 0 Å². The largest absolute Gasteiger partial charge is 0.398 e. The summed E-state index contributed by atoms with van der Waals surface area (Å²) in [6, 6.07) is 3.91. The Morgan fingerprint density at radius 1 is 1.42 bits per heavy atom. The number of hydrogen-bond acceptors (Lipinski definition) is 3. The molecule has 0 spiro atoms. The van der Waals surface area contributed by atoms with Crippen LogP contribution in [0.4, 0.5) is 10.1 Å². The van der Waals surface area contributed by atoms with E-state index in [1.807, 2.05) is 6.92 Å². The minimum atomic E-state index is -3.85. The number of benzene rings is 1. The summed E-state index contributed by atoms with van der Waals surface area (Å²) in [6.07, 6.45) is 3.37. The first-order valence-corrected chi connectivity index (χ1v) is 7.98. The molecule has 0 aromatic heterocycles. The molecule has 0 aliphatic carbocycles. The molecule has 2 N–H and O–H groups in total. The first kappa shape index (κ1) is 14.3. The normalized spacial score (nSPS) is 21.5. The van der Waals surface area contributed by atoms with E-state index in [2.05, 4.69) is 0 Å². The van der Waals surface area contributed by atoms with E-state index in [1.54, 1.807) is 0 Å². The van der Waals surface area contributed by atoms with Gasteiger partial charge >= 0.3 is 0 Å². The molecule has 1 aromatic rings. The Kier molecular flexibility index (Phi) is 4.10. The van der Waals surface area contributed by atoms with Gasteiger partial charge < -0.3 is 5.73 Å². The van der Waals surface area contributed by atoms with E-state index < -0.39 is 15.8 Å². The van der Waals surface area contributed by atoms with Gasteiger partial charge in [-0.2, -0.15) is 4.31 Å². The maximum Gasteiger partial charge on any atom is 0.248 e. The van der Waals surface area contributed by atoms with Crippen LogP contribution in [0.3, 0.4) is 0 Å². The van der Waals surface area contributed by atoms with Gasteiger partial charge in [0, 0.05) is 12.6 Å². The molecule has 1 aromatic carbocycles. The average molecular weight is 286 g/mol. The maximum atomic E-state index is 13.8. The number of hydrogen-bond donors (Lipinski definition) is 1. The molecule has 0 bridgehead atoms. The van der Waals surface area contributed by atoms with Crippen molar-refractivity contribution >= 4 is 15.7 Å². The third-order valence-electron chi connectivity index (χ3n) is 3.61. The Hall–Kier alpha value is -1.14. The number of sulfonamides is 1. The molecule has 106 valence electrons. The van der Waals surface area contributed by atoms with Crippen LogP contribution >= 0.6 is 0 Å². The highest BCUT2D eigenvalue weighted by Gasteiger charge is 2.35. The number of nitrogen functional groups attached to an aromatic ring is 1. The molecule has 1 heterocycles. The van der Waals surface area contributed by atoms with E-state index in [4.69, 9.17) is 5.73 Å². The zero-order valence-corrected chi connectivity index (χ0v) is 11.8. The van der Waals surface area contributed by atoms with Crippen LogP contribution in [0.5, 0.6) is 0 Å². The molecule has 0 radical (unpaired) electrons. The van der Waals surface area contributed by atoms with Gasteiger partial charge in [-0.25, -0.2) is 12.8 Å². The number of anilines is 1. The summed E-state index contributed by atoms with van der Waals surface area (Å²) in [5.41, 5.74) is 5.63. The van der Waals surface area contributed by atoms with E-state index in [0.29, 0.717) is 6.54 Å². The smallest absolute Gasteiger partial charge is 0.248 e. The standard InChI is InChI=1S/C13H19FN2O2S/c1-2-10-6-3-4-9-16(10)19(17,18)13-11(14)7-5-8-12(13)15/h5,7-8,10H,2-4,6,9,15H2,1H3. The third kappa shape index (κ3) is 2.60. The predicted octanol–water partition coefficient (Wildman–Crippen LogP) is 2.36. The molecule has 2 rings (SSSR count). The molecule has 1 fully saturated rings. The van der Waals surface area contributed by atoms with Crippen molar-refractivity contribution in [3.63, 3.8) is 0 Å². The minimum absolute atomic E-state index is 0.0274. The predicted molar refractivity (Wildman–Crippen MR) is 72.6 cm³/mol. The summed E-state index contributed by atoms with van der Waals surface area (Å²) in [6.45, 7) is 2.39. The summed E-state index contributed by atoms with van der Waals surface area (Å²) in [7, 11) is -3.85. The average Bonchev–Trinajstić information content (AvgIpc) is 2.38. The van der Waals surface area contributed by atoms with Crippen LogP contribution < -0.4 is 5.73 Å². The Morgan fingerprint density at radius 2 is 2.16 bits per heavy atom. The third-order valence-corrected chi connectivity index (χ3v) is 5.65. The van der Waals surface area contributed by atoms with Crippen molar-refractivity contribution in [1.29, 1.82) is 0 Å². The quantitative estimate of drug-likeness (QED) is 0.868. The molecule has 4 nitrogen and oxygen atoms in total. The first-order chi connectivity index (χ1) is 8.98. The molecule has 6 heteroatoms. The van der Waals surface area contributed by atoms with Crippen molar-refractivity contribution in [3.8, 4) is 0 Å². The Morgan fingerprint density at radius 3 is 2.79 bits per heavy atom. The SMILES string of the molecule is CCC1CCCCN1S(=O)(=O)c1c(N)cccc1F. The first-order valence-electron chi connectivity index (χ1n) is 6.54. The maximum absolute atomic E-state index is 13.8. The van der Waals surface area contributed by atoms with Gasteiger partial charge in [-0.05, 0) is 31.4 Å². The van der Waals surface area contributed by atoms with E-state index in [9.17, 15) is 12.8 Å². The summed E-state index contributed by atoms with van der Waals surface area (Å²) in [5, 5.41) is 0. The van der Waals surface area contributed by atoms with E-state index in [1.165, 1.54) is 16.4 Å². The van der Waals surface area contributed by atoms with Gasteiger partial charge in [-0.15, -0.1) is 0 Å². The molecule has 19 heavy (non-hydrogen) atoms. The van der Waals surface area contributed by atoms with Crippen LogP contribution in [0, 0.1) is 5.82 Å². The number of rotatable bonds is 3. The van der Waals surface area contributed by atoms with Crippen molar-refractivity contribution in [2.75, 3.05) is 12.3 Å². The van der Waals surface area contributed by atoms with Gasteiger partial charge in [-0.1, -0.05) is 19.4 Å². The summed E-state index contributed by atoms with van der Waals surface area (Å²) in [5.74, 6) is -0.777. The van der Waals surface area contributed by atoms with Crippen molar-refractivity contribution in [2.24, 2.45) is 0 Å². The fourth-order valence-corrected chi connectivity index (χ4v) is 4.54. The topological polar surface area (TPSA) is 63.4 Å². The van der Waals surface area contributed by atoms with Gasteiger partial charge in [-0.3, -0.25) is 0 Å². The number of halogens is 1. The number of piperidine rings is 1. The number of nitrogens with two attached hydrogens (primary N) is 1. The lowest BCUT2D eigenvalue weighted by molar-refractivity contribution is 0.246. The van der Waals surface area contributed by atoms with Crippen molar-refractivity contribution < 1.29 is 12.8 Å². The summed E-state index contributed by atoms with van der Waals surface area (Å²) in [4.78, 5) is -0.379. The Balaban J connectivity index is 2.47. The monoisotopic (exact) mass is 286 g/mol. The molecule has 1 unspecified atom stereocenters. The van der Waals surface area contributed by atoms with Crippen molar-refractivity contribution in [2.45, 2.75) is 43.5 Å². The summed E-state index contributed by atoms with van der Waals surface area (Å²) >= 11 is 0. The lowest BCUT2D eigenvalue weighted by Gasteiger charge is -2.34. The van der Waals surface area contributed by atoms with Gasteiger partial charge in [0.05, 0.1) is 5.69 Å². The Bertz CT molecular complexity index is 540. The van der Waals surface area contributed by atoms with Gasteiger partial charge in [0.2, 0.25) is 10.0 Å². The van der Waals surface area contributed by atoms with Gasteiger partial charge in [0.1, 0.15) is 10.7 Å². The van der Waals surface area contributed by atoms with Crippen molar-refractivity contribution in [3.05, 3.63) is 24.0 Å². The molecule has 0 saturated carbocycles. The molecule has 1 aliphatic rings. The molecule has 1 saturated heterocycles. The number of nitrogens with zero attached hydrogens (tertiary/aromatic N) is 1.